The van der Waals surface area contributed by atoms with Gasteiger partial charge in [0.1, 0.15) is 24.4 Å². The van der Waals surface area contributed by atoms with E-state index in [1.807, 2.05) is 25.1 Å². The number of likely N-dealkylation sites (tertiary alicyclic amines) is 1. The van der Waals surface area contributed by atoms with Crippen molar-refractivity contribution in [3.63, 3.8) is 0 Å². The molecule has 1 aliphatic carbocycles. The predicted octanol–water partition coefficient (Wildman–Crippen LogP) is 3.09. The third kappa shape index (κ3) is 7.15. The number of carbonyl (C=O) groups is 4. The van der Waals surface area contributed by atoms with Crippen molar-refractivity contribution in [1.82, 2.24) is 20.5 Å². The number of nitrogens with one attached hydrogen (secondary N) is 2. The molecular weight excluding hydrogens is 563 g/mol. The Balaban J connectivity index is 1.50. The molecule has 3 N–H and O–H groups in total. The van der Waals surface area contributed by atoms with Crippen molar-refractivity contribution in [2.24, 2.45) is 5.41 Å². The van der Waals surface area contributed by atoms with Crippen molar-refractivity contribution in [1.29, 1.82) is 0 Å². The van der Waals surface area contributed by atoms with Gasteiger partial charge in [0, 0.05) is 31.5 Å². The van der Waals surface area contributed by atoms with Crippen LogP contribution >= 0.6 is 11.3 Å². The van der Waals surface area contributed by atoms with Gasteiger partial charge in [0.25, 0.3) is 5.91 Å². The first kappa shape index (κ1) is 31.6. The summed E-state index contributed by atoms with van der Waals surface area (Å²) in [5.74, 6) is -1.50. The molecule has 1 aromatic heterocycles. The molecule has 228 valence electrons. The number of Topliss-reactive ketones (excluding diaryl/α,β-unsaturated/α-hetero) is 1. The molecule has 0 unspecified atom stereocenters. The van der Waals surface area contributed by atoms with Crippen molar-refractivity contribution in [3.05, 3.63) is 35.0 Å². The van der Waals surface area contributed by atoms with Gasteiger partial charge in [-0.1, -0.05) is 39.8 Å². The lowest BCUT2D eigenvalue weighted by Gasteiger charge is -2.35. The number of benzene rings is 1. The van der Waals surface area contributed by atoms with Crippen LogP contribution in [-0.2, 0) is 25.7 Å². The summed E-state index contributed by atoms with van der Waals surface area (Å²) in [5, 5.41) is 15.8. The number of carbonyl (C=O) groups excluding carboxylic acids is 4. The highest BCUT2D eigenvalue weighted by atomic mass is 32.1. The number of ketones is 1. The number of rotatable bonds is 11. The number of thiazole rings is 1. The van der Waals surface area contributed by atoms with Crippen molar-refractivity contribution >= 4 is 34.8 Å². The second-order valence-corrected chi connectivity index (χ2v) is 13.0. The number of aryl methyl sites for hydroxylation is 1. The van der Waals surface area contributed by atoms with Gasteiger partial charge in [-0.25, -0.2) is 9.37 Å². The van der Waals surface area contributed by atoms with Crippen molar-refractivity contribution < 1.29 is 33.4 Å². The smallest absolute Gasteiger partial charge is 0.258 e. The Morgan fingerprint density at radius 3 is 2.57 bits per heavy atom. The van der Waals surface area contributed by atoms with E-state index in [-0.39, 0.29) is 44.7 Å². The van der Waals surface area contributed by atoms with Crippen LogP contribution in [-0.4, -0.2) is 75.5 Å². The Morgan fingerprint density at radius 1 is 1.26 bits per heavy atom. The Labute approximate surface area is 249 Å². The van der Waals surface area contributed by atoms with Gasteiger partial charge in [0.2, 0.25) is 11.8 Å². The van der Waals surface area contributed by atoms with Gasteiger partial charge >= 0.3 is 0 Å². The molecule has 12 heteroatoms. The molecule has 3 atom stereocenters. The van der Waals surface area contributed by atoms with Gasteiger partial charge in [-0.3, -0.25) is 19.2 Å². The van der Waals surface area contributed by atoms with E-state index in [1.165, 1.54) is 16.2 Å². The van der Waals surface area contributed by atoms with Gasteiger partial charge in [-0.15, -0.1) is 11.3 Å². The monoisotopic (exact) mass is 602 g/mol. The summed E-state index contributed by atoms with van der Waals surface area (Å²) in [5.41, 5.74) is 1.39. The number of hydrogen-bond acceptors (Lipinski definition) is 8. The third-order valence-electron chi connectivity index (χ3n) is 7.66. The van der Waals surface area contributed by atoms with Crippen LogP contribution in [0.15, 0.2) is 23.7 Å². The van der Waals surface area contributed by atoms with Crippen LogP contribution < -0.4 is 15.4 Å². The lowest BCUT2D eigenvalue weighted by atomic mass is 9.85. The van der Waals surface area contributed by atoms with Gasteiger partial charge < -0.3 is 25.4 Å². The minimum absolute atomic E-state index is 0.0212. The normalized spacial score (nSPS) is 20.1. The number of alkyl halides is 1. The second kappa shape index (κ2) is 12.5. The summed E-state index contributed by atoms with van der Waals surface area (Å²) in [4.78, 5) is 58.0. The zero-order valence-corrected chi connectivity index (χ0v) is 25.5. The van der Waals surface area contributed by atoms with Gasteiger partial charge in [0.05, 0.1) is 22.2 Å². The summed E-state index contributed by atoms with van der Waals surface area (Å²) >= 11 is 1.48. The average molecular weight is 603 g/mol. The Morgan fingerprint density at radius 2 is 1.98 bits per heavy atom. The molecular formula is C30H39FN4O6S. The molecule has 2 aliphatic rings. The van der Waals surface area contributed by atoms with Crippen molar-refractivity contribution in [2.45, 2.75) is 90.7 Å². The van der Waals surface area contributed by atoms with Crippen LogP contribution in [0, 0.1) is 12.3 Å². The maximum Gasteiger partial charge on any atom is 0.258 e. The number of halogens is 1. The summed E-state index contributed by atoms with van der Waals surface area (Å²) in [6.45, 7) is 8.75. The molecule has 0 spiro atoms. The van der Waals surface area contributed by atoms with Crippen LogP contribution in [0.5, 0.6) is 5.75 Å². The fraction of sp³-hybridized carbons (Fsp3) is 0.567. The molecule has 2 fully saturated rings. The van der Waals surface area contributed by atoms with E-state index >= 15 is 0 Å². The Bertz CT molecular complexity index is 1350. The molecule has 3 amide bonds. The fourth-order valence-electron chi connectivity index (χ4n) is 4.83. The Hall–Kier alpha value is -3.38. The molecule has 4 rings (SSSR count). The lowest BCUT2D eigenvalue weighted by molar-refractivity contribution is -0.145. The van der Waals surface area contributed by atoms with E-state index in [9.17, 15) is 28.7 Å². The fourth-order valence-corrected chi connectivity index (χ4v) is 5.64. The molecule has 1 aliphatic heterocycles. The standard InChI is InChI=1S/C30H39FN4O6S/c1-6-20(36)15-41-23-11-18(24-17(2)33-16-42-24)7-8-19(23)13-32-26(38)22-12-21(37)14-35(22)27(39)25(29(3,4)5)34-28(40)30(31)9-10-30/h7-8,11,16,21-22,25,37H,6,9-10,12-15H2,1-5H3,(H,32,38)(H,34,40)/t21-,22+,25-/m1/s1. The highest BCUT2D eigenvalue weighted by Gasteiger charge is 2.53. The first-order chi connectivity index (χ1) is 19.7. The second-order valence-electron chi connectivity index (χ2n) is 12.1. The minimum atomic E-state index is -1.96. The van der Waals surface area contributed by atoms with E-state index < -0.39 is 47.0 Å². The summed E-state index contributed by atoms with van der Waals surface area (Å²) in [6, 6.07) is 3.44. The van der Waals surface area contributed by atoms with E-state index in [1.54, 1.807) is 33.2 Å². The van der Waals surface area contributed by atoms with E-state index in [0.717, 1.165) is 16.1 Å². The maximum absolute atomic E-state index is 14.4. The lowest BCUT2D eigenvalue weighted by Crippen LogP contribution is -2.59. The molecule has 10 nitrogen and oxygen atoms in total. The molecule has 2 aromatic rings. The number of aromatic nitrogens is 1. The number of aliphatic hydroxyl groups is 1. The summed E-state index contributed by atoms with van der Waals surface area (Å²) < 4.78 is 20.3. The first-order valence-electron chi connectivity index (χ1n) is 14.2. The molecule has 1 saturated heterocycles. The van der Waals surface area contributed by atoms with Crippen LogP contribution in [0.25, 0.3) is 10.4 Å². The van der Waals surface area contributed by atoms with Crippen LogP contribution in [0.3, 0.4) is 0 Å². The molecule has 42 heavy (non-hydrogen) atoms. The SMILES string of the molecule is CCC(=O)COc1cc(-c2scnc2C)ccc1CNC(=O)[C@@H]1C[C@@H](O)CN1C(=O)[C@@H](NC(=O)C1(F)CC1)C(C)(C)C. The van der Waals surface area contributed by atoms with E-state index in [4.69, 9.17) is 4.74 Å². The van der Waals surface area contributed by atoms with Crippen LogP contribution in [0.2, 0.25) is 0 Å². The molecule has 1 saturated carbocycles. The molecule has 0 bridgehead atoms. The number of amides is 3. The van der Waals surface area contributed by atoms with E-state index in [2.05, 4.69) is 15.6 Å². The van der Waals surface area contributed by atoms with Gasteiger partial charge in [-0.2, -0.15) is 0 Å². The van der Waals surface area contributed by atoms with Gasteiger partial charge in [-0.05, 0) is 36.8 Å². The number of ether oxygens (including phenoxy) is 1. The average Bonchev–Trinajstić information content (AvgIpc) is 3.35. The number of hydrogen-bond donors (Lipinski definition) is 3. The zero-order chi connectivity index (χ0) is 30.8. The Kier molecular flexibility index (Phi) is 9.36. The van der Waals surface area contributed by atoms with Gasteiger partial charge in [0.15, 0.2) is 11.5 Å². The molecule has 1 aromatic carbocycles. The third-order valence-corrected chi connectivity index (χ3v) is 8.64. The highest BCUT2D eigenvalue weighted by molar-refractivity contribution is 7.13. The minimum Gasteiger partial charge on any atom is -0.485 e. The number of β-amino-alcohol motifs (C(OH)–C–C–N with tert-alkyl or cyclic N) is 1. The largest absolute Gasteiger partial charge is 0.485 e. The first-order valence-corrected chi connectivity index (χ1v) is 15.1. The van der Waals surface area contributed by atoms with E-state index in [0.29, 0.717) is 17.7 Å². The van der Waals surface area contributed by atoms with Crippen molar-refractivity contribution in [2.75, 3.05) is 13.2 Å². The molecule has 0 radical (unpaired) electrons. The quantitative estimate of drug-likeness (QED) is 0.359. The van der Waals surface area contributed by atoms with Crippen LogP contribution in [0.4, 0.5) is 4.39 Å². The highest BCUT2D eigenvalue weighted by Crippen LogP contribution is 2.40. The summed E-state index contributed by atoms with van der Waals surface area (Å²) in [7, 11) is 0. The topological polar surface area (TPSA) is 138 Å². The predicted molar refractivity (Wildman–Crippen MR) is 156 cm³/mol. The summed E-state index contributed by atoms with van der Waals surface area (Å²) in [6.07, 6.45) is -0.359. The molecule has 2 heterocycles. The maximum atomic E-state index is 14.4. The number of nitrogens with zero attached hydrogens (tertiary/aromatic N) is 2. The van der Waals surface area contributed by atoms with Crippen molar-refractivity contribution in [3.8, 4) is 16.2 Å². The van der Waals surface area contributed by atoms with Crippen LogP contribution in [0.1, 0.15) is 64.6 Å². The zero-order valence-electron chi connectivity index (χ0n) is 24.7. The number of aliphatic hydroxyl groups excluding tert-OH is 1.